The van der Waals surface area contributed by atoms with E-state index in [-0.39, 0.29) is 11.9 Å². The van der Waals surface area contributed by atoms with Crippen molar-refractivity contribution in [1.82, 2.24) is 0 Å². The molecular formula is C16H18FN. The molecule has 2 N–H and O–H groups in total. The molecule has 0 radical (unpaired) electrons. The van der Waals surface area contributed by atoms with E-state index in [9.17, 15) is 4.39 Å². The van der Waals surface area contributed by atoms with Crippen LogP contribution in [0.25, 0.3) is 0 Å². The number of aryl methyl sites for hydroxylation is 2. The zero-order valence-corrected chi connectivity index (χ0v) is 10.8. The molecule has 0 amide bonds. The van der Waals surface area contributed by atoms with Gasteiger partial charge in [-0.05, 0) is 43.0 Å². The summed E-state index contributed by atoms with van der Waals surface area (Å²) in [5.41, 5.74) is 10.3. The molecule has 2 rings (SSSR count). The number of halogens is 1. The summed E-state index contributed by atoms with van der Waals surface area (Å²) in [7, 11) is 0. The molecule has 0 aliphatic rings. The number of rotatable bonds is 3. The van der Waals surface area contributed by atoms with E-state index < -0.39 is 0 Å². The quantitative estimate of drug-likeness (QED) is 0.874. The number of benzene rings is 2. The molecule has 1 atom stereocenters. The van der Waals surface area contributed by atoms with Crippen LogP contribution in [0.1, 0.15) is 28.3 Å². The molecule has 0 aromatic heterocycles. The molecule has 0 saturated carbocycles. The molecule has 94 valence electrons. The second-order valence-electron chi connectivity index (χ2n) is 4.76. The van der Waals surface area contributed by atoms with Gasteiger partial charge in [-0.3, -0.25) is 0 Å². The Morgan fingerprint density at radius 1 is 1.11 bits per heavy atom. The van der Waals surface area contributed by atoms with Crippen molar-refractivity contribution in [1.29, 1.82) is 0 Å². The van der Waals surface area contributed by atoms with Gasteiger partial charge in [-0.2, -0.15) is 0 Å². The third-order valence-corrected chi connectivity index (χ3v) is 3.22. The number of hydrogen-bond acceptors (Lipinski definition) is 1. The second kappa shape index (κ2) is 5.32. The molecule has 2 heteroatoms. The van der Waals surface area contributed by atoms with E-state index in [0.717, 1.165) is 5.56 Å². The van der Waals surface area contributed by atoms with E-state index >= 15 is 0 Å². The van der Waals surface area contributed by atoms with Crippen LogP contribution in [0, 0.1) is 19.7 Å². The largest absolute Gasteiger partial charge is 0.324 e. The molecule has 1 unspecified atom stereocenters. The minimum Gasteiger partial charge on any atom is -0.324 e. The Hall–Kier alpha value is -1.67. The van der Waals surface area contributed by atoms with Crippen LogP contribution in [0.15, 0.2) is 42.5 Å². The lowest BCUT2D eigenvalue weighted by Gasteiger charge is -2.15. The lowest BCUT2D eigenvalue weighted by Crippen LogP contribution is -2.15. The molecule has 0 saturated heterocycles. The summed E-state index contributed by atoms with van der Waals surface area (Å²) in [6.07, 6.45) is 0.524. The Kier molecular flexibility index (Phi) is 3.78. The molecule has 0 aliphatic heterocycles. The van der Waals surface area contributed by atoms with Gasteiger partial charge in [-0.15, -0.1) is 0 Å². The molecule has 2 aromatic carbocycles. The summed E-state index contributed by atoms with van der Waals surface area (Å²) in [5.74, 6) is -0.183. The number of hydrogen-bond donors (Lipinski definition) is 1. The van der Waals surface area contributed by atoms with Crippen LogP contribution in [-0.2, 0) is 6.42 Å². The number of nitrogens with two attached hydrogens (primary N) is 1. The summed E-state index contributed by atoms with van der Waals surface area (Å²) < 4.78 is 13.6. The second-order valence-corrected chi connectivity index (χ2v) is 4.76. The van der Waals surface area contributed by atoms with E-state index in [2.05, 4.69) is 13.0 Å². The zero-order valence-electron chi connectivity index (χ0n) is 10.8. The molecule has 0 spiro atoms. The Morgan fingerprint density at radius 3 is 2.50 bits per heavy atom. The van der Waals surface area contributed by atoms with Gasteiger partial charge in [-0.25, -0.2) is 4.39 Å². The average Bonchev–Trinajstić information content (AvgIpc) is 2.32. The van der Waals surface area contributed by atoms with Gasteiger partial charge >= 0.3 is 0 Å². The first-order valence-electron chi connectivity index (χ1n) is 6.14. The molecule has 0 fully saturated rings. The third-order valence-electron chi connectivity index (χ3n) is 3.22. The molecular weight excluding hydrogens is 225 g/mol. The van der Waals surface area contributed by atoms with Gasteiger partial charge in [0, 0.05) is 6.04 Å². The van der Waals surface area contributed by atoms with Gasteiger partial charge in [-0.1, -0.05) is 42.0 Å². The first-order chi connectivity index (χ1) is 8.58. The van der Waals surface area contributed by atoms with Crippen LogP contribution in [-0.4, -0.2) is 0 Å². The Bertz CT molecular complexity index is 549. The topological polar surface area (TPSA) is 26.0 Å². The molecule has 2 aromatic rings. The first kappa shape index (κ1) is 12.8. The van der Waals surface area contributed by atoms with Crippen LogP contribution in [0.3, 0.4) is 0 Å². The Morgan fingerprint density at radius 2 is 1.83 bits per heavy atom. The maximum absolute atomic E-state index is 13.6. The zero-order chi connectivity index (χ0) is 13.1. The van der Waals surface area contributed by atoms with E-state index in [1.165, 1.54) is 17.2 Å². The maximum Gasteiger partial charge on any atom is 0.126 e. The van der Waals surface area contributed by atoms with E-state index in [0.29, 0.717) is 12.0 Å². The van der Waals surface area contributed by atoms with Crippen molar-refractivity contribution in [2.75, 3.05) is 0 Å². The van der Waals surface area contributed by atoms with Gasteiger partial charge in [0.1, 0.15) is 5.82 Å². The van der Waals surface area contributed by atoms with Crippen LogP contribution in [0.5, 0.6) is 0 Å². The molecule has 18 heavy (non-hydrogen) atoms. The highest BCUT2D eigenvalue weighted by Gasteiger charge is 2.12. The molecule has 0 aliphatic carbocycles. The minimum atomic E-state index is -0.183. The van der Waals surface area contributed by atoms with Crippen LogP contribution >= 0.6 is 0 Å². The van der Waals surface area contributed by atoms with E-state index in [1.54, 1.807) is 12.1 Å². The van der Waals surface area contributed by atoms with Crippen molar-refractivity contribution in [3.05, 3.63) is 70.5 Å². The first-order valence-corrected chi connectivity index (χ1v) is 6.14. The highest BCUT2D eigenvalue weighted by atomic mass is 19.1. The minimum absolute atomic E-state index is 0.164. The lowest BCUT2D eigenvalue weighted by molar-refractivity contribution is 0.592. The van der Waals surface area contributed by atoms with Crippen molar-refractivity contribution in [2.45, 2.75) is 26.3 Å². The van der Waals surface area contributed by atoms with Crippen LogP contribution in [0.4, 0.5) is 4.39 Å². The summed E-state index contributed by atoms with van der Waals surface area (Å²) >= 11 is 0. The van der Waals surface area contributed by atoms with Gasteiger partial charge in [0.2, 0.25) is 0 Å². The summed E-state index contributed by atoms with van der Waals surface area (Å²) in [6, 6.07) is 12.8. The van der Waals surface area contributed by atoms with Crippen molar-refractivity contribution < 1.29 is 4.39 Å². The van der Waals surface area contributed by atoms with E-state index in [1.807, 2.05) is 25.1 Å². The van der Waals surface area contributed by atoms with Crippen molar-refractivity contribution in [3.8, 4) is 0 Å². The average molecular weight is 243 g/mol. The normalized spacial score (nSPS) is 12.4. The summed E-state index contributed by atoms with van der Waals surface area (Å²) in [5, 5.41) is 0. The molecule has 1 nitrogen and oxygen atoms in total. The van der Waals surface area contributed by atoms with Crippen molar-refractivity contribution in [2.24, 2.45) is 5.73 Å². The SMILES string of the molecule is Cc1ccc(C(N)Cc2ccccc2F)c(C)c1. The smallest absolute Gasteiger partial charge is 0.126 e. The van der Waals surface area contributed by atoms with Crippen LogP contribution < -0.4 is 5.73 Å². The Labute approximate surface area is 107 Å². The molecule has 0 bridgehead atoms. The fourth-order valence-electron chi connectivity index (χ4n) is 2.25. The van der Waals surface area contributed by atoms with Gasteiger partial charge in [0.15, 0.2) is 0 Å². The van der Waals surface area contributed by atoms with Crippen molar-refractivity contribution >= 4 is 0 Å². The predicted molar refractivity (Wildman–Crippen MR) is 72.9 cm³/mol. The van der Waals surface area contributed by atoms with Gasteiger partial charge in [0.25, 0.3) is 0 Å². The highest BCUT2D eigenvalue weighted by molar-refractivity contribution is 5.34. The van der Waals surface area contributed by atoms with Gasteiger partial charge in [0.05, 0.1) is 0 Å². The third kappa shape index (κ3) is 2.77. The van der Waals surface area contributed by atoms with E-state index in [4.69, 9.17) is 5.73 Å². The summed E-state index contributed by atoms with van der Waals surface area (Å²) in [4.78, 5) is 0. The fraction of sp³-hybridized carbons (Fsp3) is 0.250. The fourth-order valence-corrected chi connectivity index (χ4v) is 2.25. The lowest BCUT2D eigenvalue weighted by atomic mass is 9.95. The summed E-state index contributed by atoms with van der Waals surface area (Å²) in [6.45, 7) is 4.10. The predicted octanol–water partition coefficient (Wildman–Crippen LogP) is 3.69. The highest BCUT2D eigenvalue weighted by Crippen LogP contribution is 2.21. The van der Waals surface area contributed by atoms with Crippen molar-refractivity contribution in [3.63, 3.8) is 0 Å². The Balaban J connectivity index is 2.22. The van der Waals surface area contributed by atoms with Gasteiger partial charge < -0.3 is 5.73 Å². The van der Waals surface area contributed by atoms with Crippen LogP contribution in [0.2, 0.25) is 0 Å². The standard InChI is InChI=1S/C16H18FN/c1-11-7-8-14(12(2)9-11)16(18)10-13-5-3-4-6-15(13)17/h3-9,16H,10,18H2,1-2H3. The monoisotopic (exact) mass is 243 g/mol. The molecule has 0 heterocycles. The maximum atomic E-state index is 13.6.